The van der Waals surface area contributed by atoms with Crippen LogP contribution < -0.4 is 0 Å². The molecule has 0 saturated heterocycles. The first-order valence-electron chi connectivity index (χ1n) is 8.65. The highest BCUT2D eigenvalue weighted by atomic mass is 32.2. The van der Waals surface area contributed by atoms with Crippen LogP contribution in [0, 0.1) is 0 Å². The highest BCUT2D eigenvalue weighted by Crippen LogP contribution is 2.56. The van der Waals surface area contributed by atoms with Gasteiger partial charge >= 0.3 is 12.4 Å². The van der Waals surface area contributed by atoms with Crippen molar-refractivity contribution in [1.29, 1.82) is 0 Å². The summed E-state index contributed by atoms with van der Waals surface area (Å²) in [6.45, 7) is 0. The molecule has 0 aliphatic carbocycles. The molecule has 0 fully saturated rings. The third-order valence-corrected chi connectivity index (χ3v) is 6.59. The maximum absolute atomic E-state index is 14.0. The molecule has 3 rings (SSSR count). The molecule has 0 aromatic heterocycles. The van der Waals surface area contributed by atoms with Crippen LogP contribution in [-0.2, 0) is 15.3 Å². The Bertz CT molecular complexity index is 1140. The van der Waals surface area contributed by atoms with Gasteiger partial charge in [-0.15, -0.1) is 0 Å². The van der Waals surface area contributed by atoms with Crippen molar-refractivity contribution in [2.75, 3.05) is 0 Å². The Hall–Kier alpha value is -3.01. The summed E-state index contributed by atoms with van der Waals surface area (Å²) in [7, 11) is -4.14. The van der Waals surface area contributed by atoms with E-state index in [0.717, 1.165) is 12.1 Å². The molecule has 0 saturated carbocycles. The van der Waals surface area contributed by atoms with Crippen molar-refractivity contribution in [2.24, 2.45) is 0 Å². The van der Waals surface area contributed by atoms with Crippen LogP contribution in [0.3, 0.4) is 0 Å². The normalized spacial score (nSPS) is 13.2. The van der Waals surface area contributed by atoms with Gasteiger partial charge < -0.3 is 5.11 Å². The monoisotopic (exact) mass is 460 g/mol. The molecule has 0 unspecified atom stereocenters. The van der Waals surface area contributed by atoms with Crippen LogP contribution in [0.15, 0.2) is 88.7 Å². The Labute approximate surface area is 173 Å². The van der Waals surface area contributed by atoms with Gasteiger partial charge in [0.05, 0.1) is 9.79 Å². The van der Waals surface area contributed by atoms with Gasteiger partial charge in [-0.1, -0.05) is 42.5 Å². The number of phenolic OH excluding ortho intramolecular Hbond substituents is 1. The van der Waals surface area contributed by atoms with Crippen molar-refractivity contribution >= 4 is 9.84 Å². The lowest BCUT2D eigenvalue weighted by atomic mass is 9.73. The SMILES string of the molecule is O=S(=O)(c1ccccc1)c1ccc(C(c2ccc(O)cc2)(C(F)(F)F)C(F)(F)F)cc1. The third kappa shape index (κ3) is 3.76. The van der Waals surface area contributed by atoms with Crippen molar-refractivity contribution < 1.29 is 39.9 Å². The van der Waals surface area contributed by atoms with Crippen molar-refractivity contribution in [1.82, 2.24) is 0 Å². The Morgan fingerprint density at radius 2 is 0.968 bits per heavy atom. The molecule has 0 radical (unpaired) electrons. The second kappa shape index (κ2) is 7.60. The van der Waals surface area contributed by atoms with Crippen LogP contribution in [0.2, 0.25) is 0 Å². The largest absolute Gasteiger partial charge is 0.508 e. The average Bonchev–Trinajstić information content (AvgIpc) is 2.69. The molecule has 164 valence electrons. The Morgan fingerprint density at radius 3 is 1.39 bits per heavy atom. The molecule has 0 spiro atoms. The number of aromatic hydroxyl groups is 1. The second-order valence-electron chi connectivity index (χ2n) is 6.63. The fourth-order valence-corrected chi connectivity index (χ4v) is 4.60. The lowest BCUT2D eigenvalue weighted by Gasteiger charge is -2.38. The topological polar surface area (TPSA) is 54.4 Å². The van der Waals surface area contributed by atoms with Gasteiger partial charge in [-0.25, -0.2) is 8.42 Å². The fraction of sp³-hybridized carbons (Fsp3) is 0.143. The minimum Gasteiger partial charge on any atom is -0.508 e. The smallest absolute Gasteiger partial charge is 0.411 e. The van der Waals surface area contributed by atoms with Crippen molar-refractivity contribution in [3.8, 4) is 5.75 Å². The maximum Gasteiger partial charge on any atom is 0.411 e. The minimum absolute atomic E-state index is 0.154. The van der Waals surface area contributed by atoms with Gasteiger partial charge in [0.2, 0.25) is 15.3 Å². The zero-order valence-electron chi connectivity index (χ0n) is 15.4. The average molecular weight is 460 g/mol. The number of phenols is 1. The van der Waals surface area contributed by atoms with Crippen molar-refractivity contribution in [2.45, 2.75) is 27.6 Å². The third-order valence-electron chi connectivity index (χ3n) is 4.80. The molecular weight excluding hydrogens is 446 g/mol. The Morgan fingerprint density at radius 1 is 0.581 bits per heavy atom. The summed E-state index contributed by atoms with van der Waals surface area (Å²) in [6, 6.07) is 11.9. The van der Waals surface area contributed by atoms with Crippen LogP contribution in [0.5, 0.6) is 5.75 Å². The summed E-state index contributed by atoms with van der Waals surface area (Å²) in [4.78, 5) is -0.606. The molecule has 3 aromatic carbocycles. The molecule has 10 heteroatoms. The summed E-state index contributed by atoms with van der Waals surface area (Å²) in [6.07, 6.45) is -11.6. The quantitative estimate of drug-likeness (QED) is 0.513. The van der Waals surface area contributed by atoms with Crippen molar-refractivity contribution in [3.05, 3.63) is 90.0 Å². The van der Waals surface area contributed by atoms with Crippen LogP contribution >= 0.6 is 0 Å². The van der Waals surface area contributed by atoms with E-state index in [9.17, 15) is 39.9 Å². The first kappa shape index (κ1) is 22.7. The molecule has 0 aliphatic rings. The summed E-state index contributed by atoms with van der Waals surface area (Å²) in [5.74, 6) is -0.508. The molecule has 0 amide bonds. The highest BCUT2D eigenvalue weighted by molar-refractivity contribution is 7.91. The molecular formula is C21H14F6O3S. The van der Waals surface area contributed by atoms with E-state index in [1.807, 2.05) is 0 Å². The van der Waals surface area contributed by atoms with Gasteiger partial charge in [-0.3, -0.25) is 0 Å². The van der Waals surface area contributed by atoms with E-state index in [1.54, 1.807) is 6.07 Å². The van der Waals surface area contributed by atoms with Crippen LogP contribution in [0.4, 0.5) is 26.3 Å². The van der Waals surface area contributed by atoms with E-state index in [2.05, 4.69) is 0 Å². The predicted molar refractivity (Wildman–Crippen MR) is 99.3 cm³/mol. The molecule has 31 heavy (non-hydrogen) atoms. The van der Waals surface area contributed by atoms with E-state index in [4.69, 9.17) is 0 Å². The number of rotatable bonds is 4. The van der Waals surface area contributed by atoms with E-state index in [0.29, 0.717) is 36.4 Å². The molecule has 0 atom stereocenters. The summed E-state index contributed by atoms with van der Waals surface area (Å²) < 4.78 is 109. The first-order valence-corrected chi connectivity index (χ1v) is 10.1. The van der Waals surface area contributed by atoms with E-state index in [1.165, 1.54) is 24.3 Å². The Balaban J connectivity index is 2.23. The number of halogens is 6. The number of benzene rings is 3. The minimum atomic E-state index is -5.82. The molecule has 3 aromatic rings. The molecule has 0 heterocycles. The van der Waals surface area contributed by atoms with Gasteiger partial charge in [-0.2, -0.15) is 26.3 Å². The molecule has 0 aliphatic heterocycles. The van der Waals surface area contributed by atoms with Crippen LogP contribution in [-0.4, -0.2) is 25.9 Å². The van der Waals surface area contributed by atoms with Crippen LogP contribution in [0.25, 0.3) is 0 Å². The standard InChI is InChI=1S/C21H14F6O3S/c22-20(23,24)19(21(25,26)27,14-6-10-16(28)11-7-14)15-8-12-18(13-9-15)31(29,30)17-4-2-1-3-5-17/h1-13,28H. The van der Waals surface area contributed by atoms with Gasteiger partial charge in [0.1, 0.15) is 5.75 Å². The number of sulfone groups is 1. The summed E-state index contributed by atoms with van der Waals surface area (Å²) in [5.41, 5.74) is -6.79. The predicted octanol–water partition coefficient (Wildman–Crippen LogP) is 5.64. The second-order valence-corrected chi connectivity index (χ2v) is 8.58. The van der Waals surface area contributed by atoms with Gasteiger partial charge in [0, 0.05) is 0 Å². The van der Waals surface area contributed by atoms with E-state index >= 15 is 0 Å². The number of hydrogen-bond donors (Lipinski definition) is 1. The fourth-order valence-electron chi connectivity index (χ4n) is 3.31. The van der Waals surface area contributed by atoms with Crippen LogP contribution in [0.1, 0.15) is 11.1 Å². The zero-order chi connectivity index (χ0) is 23.1. The number of hydrogen-bond acceptors (Lipinski definition) is 3. The first-order chi connectivity index (χ1) is 14.3. The maximum atomic E-state index is 14.0. The lowest BCUT2D eigenvalue weighted by molar-refractivity contribution is -0.288. The van der Waals surface area contributed by atoms with Gasteiger partial charge in [-0.05, 0) is 47.5 Å². The summed E-state index contributed by atoms with van der Waals surface area (Å²) >= 11 is 0. The highest BCUT2D eigenvalue weighted by Gasteiger charge is 2.72. The summed E-state index contributed by atoms with van der Waals surface area (Å²) in [5, 5.41) is 9.30. The molecule has 0 bridgehead atoms. The van der Waals surface area contributed by atoms with E-state index < -0.39 is 49.4 Å². The van der Waals surface area contributed by atoms with Crippen molar-refractivity contribution in [3.63, 3.8) is 0 Å². The lowest BCUT2D eigenvalue weighted by Crippen LogP contribution is -2.54. The Kier molecular flexibility index (Phi) is 5.56. The van der Waals surface area contributed by atoms with Gasteiger partial charge in [0.25, 0.3) is 0 Å². The van der Waals surface area contributed by atoms with Gasteiger partial charge in [0.15, 0.2) is 0 Å². The number of alkyl halides is 6. The zero-order valence-corrected chi connectivity index (χ0v) is 16.3. The van der Waals surface area contributed by atoms with E-state index in [-0.39, 0.29) is 4.90 Å². The molecule has 1 N–H and O–H groups in total. The molecule has 3 nitrogen and oxygen atoms in total.